The van der Waals surface area contributed by atoms with Gasteiger partial charge in [0.2, 0.25) is 5.91 Å². The molecule has 0 saturated heterocycles. The lowest BCUT2D eigenvalue weighted by molar-refractivity contribution is -0.142. The Bertz CT molecular complexity index is 798. The molecule has 1 N–H and O–H groups in total. The third kappa shape index (κ3) is 6.18. The first-order valence-corrected chi connectivity index (χ1v) is 9.11. The third-order valence-corrected chi connectivity index (χ3v) is 4.44. The molecule has 27 heavy (non-hydrogen) atoms. The number of esters is 1. The molecular formula is C19H21FN2O4S. The number of rotatable bonds is 6. The monoisotopic (exact) mass is 392 g/mol. The van der Waals surface area contributed by atoms with Crippen molar-refractivity contribution in [3.63, 3.8) is 0 Å². The summed E-state index contributed by atoms with van der Waals surface area (Å²) in [5.74, 6) is -1.91. The van der Waals surface area contributed by atoms with Crippen molar-refractivity contribution in [1.82, 2.24) is 4.90 Å². The second-order valence-electron chi connectivity index (χ2n) is 6.76. The highest BCUT2D eigenvalue weighted by Gasteiger charge is 2.29. The Morgan fingerprint density at radius 2 is 1.81 bits per heavy atom. The maximum Gasteiger partial charge on any atom is 0.348 e. The Kier molecular flexibility index (Phi) is 6.68. The highest BCUT2D eigenvalue weighted by Crippen LogP contribution is 2.16. The van der Waals surface area contributed by atoms with Gasteiger partial charge in [-0.2, -0.15) is 0 Å². The number of carbonyl (C=O) groups is 3. The smallest absolute Gasteiger partial charge is 0.348 e. The van der Waals surface area contributed by atoms with Crippen LogP contribution < -0.4 is 5.32 Å². The molecule has 0 fully saturated rings. The van der Waals surface area contributed by atoms with E-state index in [-0.39, 0.29) is 6.54 Å². The summed E-state index contributed by atoms with van der Waals surface area (Å²) in [7, 11) is 0. The Morgan fingerprint density at radius 3 is 2.37 bits per heavy atom. The minimum Gasteiger partial charge on any atom is -0.451 e. The van der Waals surface area contributed by atoms with Gasteiger partial charge in [-0.3, -0.25) is 9.59 Å². The fourth-order valence-corrected chi connectivity index (χ4v) is 2.86. The summed E-state index contributed by atoms with van der Waals surface area (Å²) in [6.07, 6.45) is 0. The molecular weight excluding hydrogens is 371 g/mol. The summed E-state index contributed by atoms with van der Waals surface area (Å²) < 4.78 is 18.0. The molecule has 144 valence electrons. The number of nitrogens with one attached hydrogen (secondary N) is 1. The minimum atomic E-state index is -0.660. The topological polar surface area (TPSA) is 75.7 Å². The molecule has 8 heteroatoms. The zero-order valence-electron chi connectivity index (χ0n) is 15.3. The lowest BCUT2D eigenvalue weighted by Gasteiger charge is -2.35. The van der Waals surface area contributed by atoms with Crippen molar-refractivity contribution in [3.05, 3.63) is 52.5 Å². The normalized spacial score (nSPS) is 11.0. The lowest BCUT2D eigenvalue weighted by atomic mass is 10.1. The number of hydrogen-bond donors (Lipinski definition) is 1. The van der Waals surface area contributed by atoms with E-state index in [0.29, 0.717) is 10.6 Å². The number of nitrogens with zero attached hydrogens (tertiary/aromatic N) is 1. The van der Waals surface area contributed by atoms with E-state index in [2.05, 4.69) is 5.32 Å². The van der Waals surface area contributed by atoms with Gasteiger partial charge in [0.25, 0.3) is 5.91 Å². The van der Waals surface area contributed by atoms with Gasteiger partial charge in [-0.15, -0.1) is 11.3 Å². The van der Waals surface area contributed by atoms with Gasteiger partial charge in [-0.05, 0) is 56.5 Å². The summed E-state index contributed by atoms with van der Waals surface area (Å²) in [4.78, 5) is 38.4. The zero-order valence-corrected chi connectivity index (χ0v) is 16.1. The average molecular weight is 392 g/mol. The van der Waals surface area contributed by atoms with Crippen molar-refractivity contribution >= 4 is 34.8 Å². The Labute approximate surface area is 160 Å². The van der Waals surface area contributed by atoms with E-state index in [0.717, 1.165) is 0 Å². The second-order valence-corrected chi connectivity index (χ2v) is 7.71. The third-order valence-electron chi connectivity index (χ3n) is 3.59. The Balaban J connectivity index is 1.97. The van der Waals surface area contributed by atoms with Crippen LogP contribution in [0, 0.1) is 5.82 Å². The fraction of sp³-hybridized carbons (Fsp3) is 0.316. The van der Waals surface area contributed by atoms with Gasteiger partial charge in [0.05, 0.1) is 0 Å². The Morgan fingerprint density at radius 1 is 1.15 bits per heavy atom. The predicted molar refractivity (Wildman–Crippen MR) is 101 cm³/mol. The molecule has 2 rings (SSSR count). The van der Waals surface area contributed by atoms with Gasteiger partial charge in [-0.1, -0.05) is 6.07 Å². The van der Waals surface area contributed by atoms with E-state index in [9.17, 15) is 18.8 Å². The number of ether oxygens (including phenoxy) is 1. The molecule has 0 atom stereocenters. The standard InChI is InChI=1S/C19H21FN2O4S/c1-19(2,3)22(11-16(23)21-14-8-6-13(20)7-9-14)17(24)12-26-18(25)15-5-4-10-27-15/h4-10H,11-12H2,1-3H3,(H,21,23). The molecule has 2 amide bonds. The molecule has 0 bridgehead atoms. The maximum absolute atomic E-state index is 12.9. The molecule has 1 heterocycles. The summed E-state index contributed by atoms with van der Waals surface area (Å²) in [6, 6.07) is 8.64. The summed E-state index contributed by atoms with van der Waals surface area (Å²) in [5.41, 5.74) is -0.237. The lowest BCUT2D eigenvalue weighted by Crippen LogP contribution is -2.50. The SMILES string of the molecule is CC(C)(C)N(CC(=O)Nc1ccc(F)cc1)C(=O)COC(=O)c1cccs1. The molecule has 0 radical (unpaired) electrons. The van der Waals surface area contributed by atoms with Crippen LogP contribution in [0.15, 0.2) is 41.8 Å². The minimum absolute atomic E-state index is 0.226. The van der Waals surface area contributed by atoms with Crippen LogP contribution in [0.3, 0.4) is 0 Å². The predicted octanol–water partition coefficient (Wildman–Crippen LogP) is 3.31. The number of anilines is 1. The zero-order chi connectivity index (χ0) is 20.0. The molecule has 0 spiro atoms. The first-order valence-electron chi connectivity index (χ1n) is 8.23. The fourth-order valence-electron chi connectivity index (χ4n) is 2.25. The highest BCUT2D eigenvalue weighted by atomic mass is 32.1. The van der Waals surface area contributed by atoms with Crippen molar-refractivity contribution in [2.45, 2.75) is 26.3 Å². The van der Waals surface area contributed by atoms with E-state index in [1.807, 2.05) is 0 Å². The van der Waals surface area contributed by atoms with Crippen molar-refractivity contribution in [3.8, 4) is 0 Å². The van der Waals surface area contributed by atoms with Crippen LogP contribution in [0.5, 0.6) is 0 Å². The summed E-state index contributed by atoms with van der Waals surface area (Å²) in [6.45, 7) is 4.64. The van der Waals surface area contributed by atoms with E-state index in [4.69, 9.17) is 4.74 Å². The van der Waals surface area contributed by atoms with Gasteiger partial charge in [0.1, 0.15) is 17.2 Å². The van der Waals surface area contributed by atoms with Crippen molar-refractivity contribution < 1.29 is 23.5 Å². The van der Waals surface area contributed by atoms with Crippen LogP contribution in [0.2, 0.25) is 0 Å². The van der Waals surface area contributed by atoms with Crippen LogP contribution in [-0.4, -0.2) is 41.4 Å². The number of benzene rings is 1. The van der Waals surface area contributed by atoms with Gasteiger partial charge < -0.3 is 15.0 Å². The van der Waals surface area contributed by atoms with Crippen molar-refractivity contribution in [1.29, 1.82) is 0 Å². The molecule has 1 aromatic heterocycles. The van der Waals surface area contributed by atoms with Crippen LogP contribution in [0.4, 0.5) is 10.1 Å². The molecule has 2 aromatic rings. The van der Waals surface area contributed by atoms with Gasteiger partial charge >= 0.3 is 5.97 Å². The van der Waals surface area contributed by atoms with Gasteiger partial charge in [0, 0.05) is 11.2 Å². The average Bonchev–Trinajstić information content (AvgIpc) is 3.13. The van der Waals surface area contributed by atoms with E-state index in [1.54, 1.807) is 38.3 Å². The van der Waals surface area contributed by atoms with E-state index >= 15 is 0 Å². The maximum atomic E-state index is 12.9. The molecule has 0 unspecified atom stereocenters. The van der Waals surface area contributed by atoms with Gasteiger partial charge in [0.15, 0.2) is 6.61 Å². The number of amides is 2. The quantitative estimate of drug-likeness (QED) is 0.766. The van der Waals surface area contributed by atoms with Crippen molar-refractivity contribution in [2.24, 2.45) is 0 Å². The van der Waals surface area contributed by atoms with Crippen molar-refractivity contribution in [2.75, 3.05) is 18.5 Å². The van der Waals surface area contributed by atoms with Crippen LogP contribution in [-0.2, 0) is 14.3 Å². The molecule has 0 saturated carbocycles. The second kappa shape index (κ2) is 8.77. The molecule has 0 aliphatic heterocycles. The van der Waals surface area contributed by atoms with E-state index in [1.165, 1.54) is 40.5 Å². The number of carbonyl (C=O) groups excluding carboxylic acids is 3. The molecule has 0 aliphatic carbocycles. The first kappa shape index (κ1) is 20.6. The van der Waals surface area contributed by atoms with Crippen LogP contribution >= 0.6 is 11.3 Å². The largest absolute Gasteiger partial charge is 0.451 e. The van der Waals surface area contributed by atoms with E-state index < -0.39 is 35.7 Å². The number of halogens is 1. The number of hydrogen-bond acceptors (Lipinski definition) is 5. The summed E-state index contributed by atoms with van der Waals surface area (Å²) >= 11 is 1.22. The molecule has 0 aliphatic rings. The molecule has 1 aromatic carbocycles. The molecule has 6 nitrogen and oxygen atoms in total. The van der Waals surface area contributed by atoms with Crippen LogP contribution in [0.25, 0.3) is 0 Å². The first-order chi connectivity index (χ1) is 12.7. The van der Waals surface area contributed by atoms with Gasteiger partial charge in [-0.25, -0.2) is 9.18 Å². The highest BCUT2D eigenvalue weighted by molar-refractivity contribution is 7.11. The Hall–Kier alpha value is -2.74. The van der Waals surface area contributed by atoms with Crippen LogP contribution in [0.1, 0.15) is 30.4 Å². The number of thiophene rings is 1. The summed E-state index contributed by atoms with van der Waals surface area (Å²) in [5, 5.41) is 4.34.